The minimum Gasteiger partial charge on any atom is -0.502 e. The van der Waals surface area contributed by atoms with Crippen molar-refractivity contribution in [1.82, 2.24) is 0 Å². The summed E-state index contributed by atoms with van der Waals surface area (Å²) in [5, 5.41) is 20.1. The molecule has 1 unspecified atom stereocenters. The van der Waals surface area contributed by atoms with Crippen molar-refractivity contribution in [3.8, 4) is 5.75 Å². The van der Waals surface area contributed by atoms with Gasteiger partial charge in [-0.15, -0.1) is 0 Å². The van der Waals surface area contributed by atoms with Crippen molar-refractivity contribution in [1.29, 1.82) is 0 Å². The number of benzene rings is 1. The van der Waals surface area contributed by atoms with Crippen LogP contribution in [0.5, 0.6) is 5.75 Å². The van der Waals surface area contributed by atoms with Gasteiger partial charge in [0.2, 0.25) is 5.91 Å². The fourth-order valence-electron chi connectivity index (χ4n) is 1.32. The zero-order valence-electron chi connectivity index (χ0n) is 8.29. The molecule has 1 aromatic carbocycles. The molecular formula is C9H11N3O4. The van der Waals surface area contributed by atoms with Gasteiger partial charge < -0.3 is 16.6 Å². The van der Waals surface area contributed by atoms with E-state index in [0.29, 0.717) is 0 Å². The lowest BCUT2D eigenvalue weighted by Crippen LogP contribution is -2.20. The summed E-state index contributed by atoms with van der Waals surface area (Å²) in [7, 11) is 0. The number of rotatable bonds is 4. The molecule has 5 N–H and O–H groups in total. The molecule has 0 radical (unpaired) electrons. The Labute approximate surface area is 90.8 Å². The average Bonchev–Trinajstić information content (AvgIpc) is 2.16. The van der Waals surface area contributed by atoms with Crippen molar-refractivity contribution in [2.75, 3.05) is 0 Å². The van der Waals surface area contributed by atoms with E-state index in [-0.39, 0.29) is 12.0 Å². The fraction of sp³-hybridized carbons (Fsp3) is 0.222. The molecule has 1 aromatic rings. The molecule has 0 aliphatic heterocycles. The van der Waals surface area contributed by atoms with Gasteiger partial charge in [0.15, 0.2) is 5.75 Å². The van der Waals surface area contributed by atoms with E-state index in [1.807, 2.05) is 0 Å². The number of carbonyl (C=O) groups excluding carboxylic acids is 1. The molecule has 0 saturated carbocycles. The van der Waals surface area contributed by atoms with Crippen LogP contribution in [0.2, 0.25) is 0 Å². The first-order chi connectivity index (χ1) is 7.43. The van der Waals surface area contributed by atoms with E-state index in [4.69, 9.17) is 11.5 Å². The molecule has 1 rings (SSSR count). The summed E-state index contributed by atoms with van der Waals surface area (Å²) in [6.45, 7) is 0. The lowest BCUT2D eigenvalue weighted by atomic mass is 10.0. The third-order valence-electron chi connectivity index (χ3n) is 2.06. The van der Waals surface area contributed by atoms with Gasteiger partial charge in [0, 0.05) is 24.1 Å². The number of phenols is 1. The molecular weight excluding hydrogens is 214 g/mol. The number of phenolic OH excluding ortho intramolecular Hbond substituents is 1. The van der Waals surface area contributed by atoms with Crippen LogP contribution in [0.3, 0.4) is 0 Å². The number of nitro groups is 1. The summed E-state index contributed by atoms with van der Waals surface area (Å²) < 4.78 is 0. The second-order valence-electron chi connectivity index (χ2n) is 3.25. The van der Waals surface area contributed by atoms with E-state index in [1.165, 1.54) is 12.1 Å². The summed E-state index contributed by atoms with van der Waals surface area (Å²) in [6.07, 6.45) is -0.186. The van der Waals surface area contributed by atoms with E-state index in [0.717, 1.165) is 6.07 Å². The van der Waals surface area contributed by atoms with Gasteiger partial charge in [0.25, 0.3) is 0 Å². The highest BCUT2D eigenvalue weighted by Crippen LogP contribution is 2.33. The topological polar surface area (TPSA) is 132 Å². The lowest BCUT2D eigenvalue weighted by Gasteiger charge is -2.11. The van der Waals surface area contributed by atoms with E-state index in [9.17, 15) is 20.0 Å². The van der Waals surface area contributed by atoms with Crippen LogP contribution < -0.4 is 11.5 Å². The summed E-state index contributed by atoms with van der Waals surface area (Å²) >= 11 is 0. The van der Waals surface area contributed by atoms with Crippen molar-refractivity contribution in [3.05, 3.63) is 33.9 Å². The molecule has 0 bridgehead atoms. The number of nitrogens with zero attached hydrogens (tertiary/aromatic N) is 1. The Morgan fingerprint density at radius 1 is 1.56 bits per heavy atom. The number of amides is 1. The summed E-state index contributed by atoms with van der Waals surface area (Å²) in [4.78, 5) is 20.4. The number of hydrogen-bond acceptors (Lipinski definition) is 5. The Morgan fingerprint density at radius 3 is 2.69 bits per heavy atom. The minimum atomic E-state index is -0.850. The first kappa shape index (κ1) is 11.9. The predicted molar refractivity (Wildman–Crippen MR) is 55.5 cm³/mol. The number of para-hydroxylation sites is 1. The maximum Gasteiger partial charge on any atom is 0.311 e. The number of nitro benzene ring substituents is 1. The molecule has 0 aromatic heterocycles. The maximum absolute atomic E-state index is 10.6. The molecule has 7 heteroatoms. The Kier molecular flexibility index (Phi) is 3.41. The van der Waals surface area contributed by atoms with Crippen LogP contribution >= 0.6 is 0 Å². The van der Waals surface area contributed by atoms with Crippen molar-refractivity contribution >= 4 is 11.6 Å². The molecule has 0 aliphatic rings. The van der Waals surface area contributed by atoms with Gasteiger partial charge in [-0.1, -0.05) is 12.1 Å². The van der Waals surface area contributed by atoms with Crippen molar-refractivity contribution in [2.24, 2.45) is 11.5 Å². The molecule has 7 nitrogen and oxygen atoms in total. The minimum absolute atomic E-state index is 0.132. The molecule has 86 valence electrons. The number of primary amides is 1. The van der Waals surface area contributed by atoms with E-state index >= 15 is 0 Å². The van der Waals surface area contributed by atoms with Gasteiger partial charge in [-0.3, -0.25) is 14.9 Å². The fourth-order valence-corrected chi connectivity index (χ4v) is 1.32. The molecule has 1 amide bonds. The summed E-state index contributed by atoms with van der Waals surface area (Å²) in [5.74, 6) is -1.17. The third kappa shape index (κ3) is 2.45. The Balaban J connectivity index is 3.10. The molecule has 16 heavy (non-hydrogen) atoms. The Morgan fingerprint density at radius 2 is 2.19 bits per heavy atom. The standard InChI is InChI=1S/C9H11N3O4/c10-6(4-8(11)13)5-2-1-3-7(9(5)14)12(15)16/h1-3,6,14H,4,10H2,(H2,11,13). The first-order valence-electron chi connectivity index (χ1n) is 4.43. The zero-order chi connectivity index (χ0) is 12.3. The number of carbonyl (C=O) groups is 1. The van der Waals surface area contributed by atoms with E-state index in [2.05, 4.69) is 0 Å². The van der Waals surface area contributed by atoms with Crippen molar-refractivity contribution in [2.45, 2.75) is 12.5 Å². The van der Waals surface area contributed by atoms with Gasteiger partial charge in [-0.2, -0.15) is 0 Å². The highest BCUT2D eigenvalue weighted by Gasteiger charge is 2.21. The van der Waals surface area contributed by atoms with Crippen LogP contribution in [0.15, 0.2) is 18.2 Å². The largest absolute Gasteiger partial charge is 0.502 e. The van der Waals surface area contributed by atoms with Gasteiger partial charge in [0.1, 0.15) is 0 Å². The second-order valence-corrected chi connectivity index (χ2v) is 3.25. The third-order valence-corrected chi connectivity index (χ3v) is 2.06. The molecule has 0 spiro atoms. The van der Waals surface area contributed by atoms with Crippen LogP contribution in [-0.2, 0) is 4.79 Å². The van der Waals surface area contributed by atoms with Crippen LogP contribution in [-0.4, -0.2) is 15.9 Å². The van der Waals surface area contributed by atoms with Crippen LogP contribution in [0.4, 0.5) is 5.69 Å². The van der Waals surface area contributed by atoms with E-state index in [1.54, 1.807) is 0 Å². The van der Waals surface area contributed by atoms with E-state index < -0.39 is 28.3 Å². The van der Waals surface area contributed by atoms with Crippen LogP contribution in [0.1, 0.15) is 18.0 Å². The molecule has 0 heterocycles. The highest BCUT2D eigenvalue weighted by molar-refractivity contribution is 5.75. The Bertz CT molecular complexity index is 433. The molecule has 0 saturated heterocycles. The number of hydrogen-bond donors (Lipinski definition) is 3. The quantitative estimate of drug-likeness (QED) is 0.496. The van der Waals surface area contributed by atoms with Gasteiger partial charge in [-0.25, -0.2) is 0 Å². The predicted octanol–water partition coefficient (Wildman–Crippen LogP) is 0.176. The zero-order valence-corrected chi connectivity index (χ0v) is 8.29. The van der Waals surface area contributed by atoms with Gasteiger partial charge in [0.05, 0.1) is 4.92 Å². The SMILES string of the molecule is NC(=O)CC(N)c1cccc([N+](=O)[O-])c1O. The normalized spacial score (nSPS) is 12.1. The van der Waals surface area contributed by atoms with Crippen LogP contribution in [0, 0.1) is 10.1 Å². The lowest BCUT2D eigenvalue weighted by molar-refractivity contribution is -0.386. The second kappa shape index (κ2) is 4.58. The smallest absolute Gasteiger partial charge is 0.311 e. The van der Waals surface area contributed by atoms with Crippen LogP contribution in [0.25, 0.3) is 0 Å². The highest BCUT2D eigenvalue weighted by atomic mass is 16.6. The summed E-state index contributed by atoms with van der Waals surface area (Å²) in [5.41, 5.74) is 10.2. The molecule has 0 fully saturated rings. The summed E-state index contributed by atoms with van der Waals surface area (Å²) in [6, 6.07) is 3.09. The molecule has 1 atom stereocenters. The molecule has 0 aliphatic carbocycles. The number of nitrogens with two attached hydrogens (primary N) is 2. The van der Waals surface area contributed by atoms with Gasteiger partial charge >= 0.3 is 5.69 Å². The number of aromatic hydroxyl groups is 1. The average molecular weight is 225 g/mol. The van der Waals surface area contributed by atoms with Gasteiger partial charge in [-0.05, 0) is 0 Å². The first-order valence-corrected chi connectivity index (χ1v) is 4.43. The monoisotopic (exact) mass is 225 g/mol. The Hall–Kier alpha value is -2.15. The maximum atomic E-state index is 10.6. The van der Waals surface area contributed by atoms with Crippen molar-refractivity contribution < 1.29 is 14.8 Å². The van der Waals surface area contributed by atoms with Crippen molar-refractivity contribution in [3.63, 3.8) is 0 Å².